The highest BCUT2D eigenvalue weighted by atomic mass is 16.2. The van der Waals surface area contributed by atoms with E-state index in [2.05, 4.69) is 0 Å². The molecule has 0 saturated heterocycles. The monoisotopic (exact) mass is 325 g/mol. The molecule has 0 N–H and O–H groups in total. The number of ketones is 1. The van der Waals surface area contributed by atoms with Crippen LogP contribution in [0.4, 0.5) is 5.69 Å². The van der Waals surface area contributed by atoms with Crippen LogP contribution in [0.15, 0.2) is 66.7 Å². The number of carbonyl (C=O) groups is 3. The third kappa shape index (κ3) is 1.73. The molecule has 2 amide bonds. The maximum absolute atomic E-state index is 12.9. The van der Waals surface area contributed by atoms with E-state index in [1.165, 1.54) is 12.2 Å². The molecule has 1 aliphatic heterocycles. The van der Waals surface area contributed by atoms with Gasteiger partial charge in [0.1, 0.15) is 0 Å². The molecule has 0 unspecified atom stereocenters. The highest BCUT2D eigenvalue weighted by Crippen LogP contribution is 2.42. The first-order valence-electron chi connectivity index (χ1n) is 7.93. The Morgan fingerprint density at radius 2 is 1.28 bits per heavy atom. The fraction of sp³-hybridized carbons (Fsp3) is 0. The van der Waals surface area contributed by atoms with Crippen molar-refractivity contribution in [2.45, 2.75) is 0 Å². The molecule has 3 aromatic rings. The van der Waals surface area contributed by atoms with Crippen molar-refractivity contribution < 1.29 is 14.4 Å². The van der Waals surface area contributed by atoms with Gasteiger partial charge in [-0.05, 0) is 17.2 Å². The normalized spacial score (nSPS) is 15.2. The van der Waals surface area contributed by atoms with Gasteiger partial charge in [0.25, 0.3) is 11.8 Å². The molecular weight excluding hydrogens is 314 g/mol. The van der Waals surface area contributed by atoms with E-state index >= 15 is 0 Å². The van der Waals surface area contributed by atoms with Crippen LogP contribution in [-0.4, -0.2) is 17.6 Å². The number of rotatable bonds is 1. The van der Waals surface area contributed by atoms with E-state index in [0.29, 0.717) is 16.8 Å². The van der Waals surface area contributed by atoms with Crippen molar-refractivity contribution in [3.05, 3.63) is 77.9 Å². The Bertz CT molecular complexity index is 1140. The predicted octanol–water partition coefficient (Wildman–Crippen LogP) is 3.48. The van der Waals surface area contributed by atoms with Gasteiger partial charge in [0.15, 0.2) is 5.78 Å². The Balaban J connectivity index is 1.88. The van der Waals surface area contributed by atoms with Crippen molar-refractivity contribution in [1.29, 1.82) is 0 Å². The number of anilines is 1. The zero-order chi connectivity index (χ0) is 17.1. The summed E-state index contributed by atoms with van der Waals surface area (Å²) in [6, 6.07) is 16.6. The average molecular weight is 325 g/mol. The maximum Gasteiger partial charge on any atom is 0.258 e. The molecule has 1 aliphatic carbocycles. The first-order valence-corrected chi connectivity index (χ1v) is 7.93. The maximum atomic E-state index is 12.9. The van der Waals surface area contributed by atoms with E-state index in [-0.39, 0.29) is 17.6 Å². The molecule has 118 valence electrons. The molecular formula is C21H11NO3. The van der Waals surface area contributed by atoms with E-state index < -0.39 is 0 Å². The van der Waals surface area contributed by atoms with Crippen LogP contribution in [0.5, 0.6) is 0 Å². The van der Waals surface area contributed by atoms with E-state index in [1.807, 2.05) is 36.4 Å². The zero-order valence-electron chi connectivity index (χ0n) is 13.0. The topological polar surface area (TPSA) is 54.5 Å². The summed E-state index contributed by atoms with van der Waals surface area (Å²) >= 11 is 0. The van der Waals surface area contributed by atoms with Crippen molar-refractivity contribution in [3.8, 4) is 11.1 Å². The highest BCUT2D eigenvalue weighted by molar-refractivity contribution is 6.33. The molecule has 4 heteroatoms. The van der Waals surface area contributed by atoms with Crippen LogP contribution in [0.3, 0.4) is 0 Å². The number of carbonyl (C=O) groups excluding carboxylic acids is 3. The lowest BCUT2D eigenvalue weighted by Crippen LogP contribution is -2.29. The smallest absolute Gasteiger partial charge is 0.258 e. The Labute approximate surface area is 143 Å². The van der Waals surface area contributed by atoms with Crippen LogP contribution in [-0.2, 0) is 9.59 Å². The minimum Gasteiger partial charge on any atom is -0.289 e. The van der Waals surface area contributed by atoms with Crippen molar-refractivity contribution in [1.82, 2.24) is 0 Å². The molecule has 4 nitrogen and oxygen atoms in total. The lowest BCUT2D eigenvalue weighted by molar-refractivity contribution is -0.119. The first kappa shape index (κ1) is 13.9. The minimum absolute atomic E-state index is 0.0388. The quantitative estimate of drug-likeness (QED) is 0.504. The number of benzene rings is 3. The lowest BCUT2D eigenvalue weighted by Gasteiger charge is -2.23. The summed E-state index contributed by atoms with van der Waals surface area (Å²) < 4.78 is 0. The van der Waals surface area contributed by atoms with Crippen molar-refractivity contribution in [2.75, 3.05) is 4.90 Å². The van der Waals surface area contributed by atoms with Crippen LogP contribution in [0.2, 0.25) is 0 Å². The van der Waals surface area contributed by atoms with E-state index in [4.69, 9.17) is 0 Å². The van der Waals surface area contributed by atoms with Crippen LogP contribution in [0, 0.1) is 0 Å². The lowest BCUT2D eigenvalue weighted by atomic mass is 9.82. The number of nitrogens with zero attached hydrogens (tertiary/aromatic N) is 1. The second-order valence-corrected chi connectivity index (χ2v) is 6.08. The molecule has 1 heterocycles. The van der Waals surface area contributed by atoms with Gasteiger partial charge >= 0.3 is 0 Å². The van der Waals surface area contributed by atoms with Gasteiger partial charge < -0.3 is 0 Å². The molecule has 5 rings (SSSR count). The molecule has 0 atom stereocenters. The second-order valence-electron chi connectivity index (χ2n) is 6.08. The van der Waals surface area contributed by atoms with Crippen LogP contribution < -0.4 is 4.90 Å². The van der Waals surface area contributed by atoms with Crippen molar-refractivity contribution >= 4 is 34.1 Å². The molecule has 0 aromatic heterocycles. The highest BCUT2D eigenvalue weighted by Gasteiger charge is 2.30. The van der Waals surface area contributed by atoms with Crippen molar-refractivity contribution in [3.63, 3.8) is 0 Å². The number of hydrogen-bond acceptors (Lipinski definition) is 3. The number of fused-ring (bicyclic) bond motifs is 2. The average Bonchev–Trinajstić information content (AvgIpc) is 2.97. The molecule has 0 bridgehead atoms. The molecule has 25 heavy (non-hydrogen) atoms. The molecule has 0 saturated carbocycles. The summed E-state index contributed by atoms with van der Waals surface area (Å²) in [5.41, 5.74) is 3.59. The zero-order valence-corrected chi connectivity index (χ0v) is 13.0. The van der Waals surface area contributed by atoms with Gasteiger partial charge in [-0.25, -0.2) is 4.90 Å². The van der Waals surface area contributed by atoms with Crippen LogP contribution >= 0.6 is 0 Å². The third-order valence-corrected chi connectivity index (χ3v) is 4.77. The second kappa shape index (κ2) is 4.74. The third-order valence-electron chi connectivity index (χ3n) is 4.77. The van der Waals surface area contributed by atoms with Gasteiger partial charge in [-0.15, -0.1) is 0 Å². The van der Waals surface area contributed by atoms with Crippen LogP contribution in [0.1, 0.15) is 15.9 Å². The Morgan fingerprint density at radius 1 is 0.600 bits per heavy atom. The Hall–Kier alpha value is -3.53. The number of hydrogen-bond donors (Lipinski definition) is 0. The summed E-state index contributed by atoms with van der Waals surface area (Å²) in [6.45, 7) is 0. The van der Waals surface area contributed by atoms with E-state index in [0.717, 1.165) is 26.8 Å². The number of amides is 2. The Kier molecular flexibility index (Phi) is 2.63. The van der Waals surface area contributed by atoms with Gasteiger partial charge in [-0.1, -0.05) is 48.5 Å². The largest absolute Gasteiger partial charge is 0.289 e. The van der Waals surface area contributed by atoms with Gasteiger partial charge in [0, 0.05) is 34.1 Å². The van der Waals surface area contributed by atoms with Gasteiger partial charge in [-0.3, -0.25) is 14.4 Å². The molecule has 0 fully saturated rings. The van der Waals surface area contributed by atoms with E-state index in [9.17, 15) is 14.4 Å². The Morgan fingerprint density at radius 3 is 2.04 bits per heavy atom. The fourth-order valence-electron chi connectivity index (χ4n) is 3.70. The van der Waals surface area contributed by atoms with Crippen molar-refractivity contribution in [2.24, 2.45) is 0 Å². The summed E-state index contributed by atoms with van der Waals surface area (Å²) in [5, 5.41) is 1.51. The molecule has 3 aromatic carbocycles. The van der Waals surface area contributed by atoms with Crippen LogP contribution in [0.25, 0.3) is 21.9 Å². The minimum atomic E-state index is -0.367. The molecule has 2 aliphatic rings. The molecule has 0 radical (unpaired) electrons. The number of imide groups is 1. The molecule has 0 spiro atoms. The summed E-state index contributed by atoms with van der Waals surface area (Å²) in [4.78, 5) is 38.2. The summed E-state index contributed by atoms with van der Waals surface area (Å²) in [6.07, 6.45) is 2.52. The van der Waals surface area contributed by atoms with Gasteiger partial charge in [-0.2, -0.15) is 0 Å². The fourth-order valence-corrected chi connectivity index (χ4v) is 3.70. The predicted molar refractivity (Wildman–Crippen MR) is 94.4 cm³/mol. The SMILES string of the molecule is O=C1c2ccccc2-c2ccc(N3C(=O)C=CC3=O)c3cccc1c23. The van der Waals surface area contributed by atoms with Gasteiger partial charge in [0.05, 0.1) is 5.69 Å². The summed E-state index contributed by atoms with van der Waals surface area (Å²) in [5.74, 6) is -0.774. The standard InChI is InChI=1S/C21H11NO3/c23-18-10-11-19(24)22(18)17-9-8-13-12-4-1-2-5-14(12)21(25)16-7-3-6-15(17)20(13)16/h1-11H. The van der Waals surface area contributed by atoms with E-state index in [1.54, 1.807) is 18.2 Å². The van der Waals surface area contributed by atoms with Gasteiger partial charge in [0.2, 0.25) is 0 Å². The summed E-state index contributed by atoms with van der Waals surface area (Å²) in [7, 11) is 0. The first-order chi connectivity index (χ1) is 12.2.